The highest BCUT2D eigenvalue weighted by Crippen LogP contribution is 2.37. The Kier molecular flexibility index (Phi) is 9.86. The molecule has 3 aromatic rings. The molecule has 1 aliphatic rings. The maximum Gasteiger partial charge on any atom is 0.335 e. The van der Waals surface area contributed by atoms with Crippen LogP contribution in [0.2, 0.25) is 0 Å². The number of hydrogen-bond acceptors (Lipinski definition) is 4. The number of carboxylic acid groups (broad SMARTS) is 2. The number of para-hydroxylation sites is 1. The largest absolute Gasteiger partial charge is 0.478 e. The fraction of sp³-hybridized carbons (Fsp3) is 0.296. The number of amides is 2. The number of rotatable bonds is 9. The van der Waals surface area contributed by atoms with Crippen LogP contribution >= 0.6 is 11.6 Å². The van der Waals surface area contributed by atoms with Crippen LogP contribution in [0.25, 0.3) is 10.9 Å². The predicted octanol–water partition coefficient (Wildman–Crippen LogP) is 4.49. The van der Waals surface area contributed by atoms with E-state index in [1.807, 2.05) is 19.1 Å². The molecule has 2 amide bonds. The van der Waals surface area contributed by atoms with E-state index in [4.69, 9.17) is 21.8 Å². The first-order chi connectivity index (χ1) is 18.2. The van der Waals surface area contributed by atoms with Crippen LogP contribution < -0.4 is 5.43 Å². The predicted molar refractivity (Wildman–Crippen MR) is 142 cm³/mol. The average molecular weight is 545 g/mol. The quantitative estimate of drug-likeness (QED) is 0.208. The summed E-state index contributed by atoms with van der Waals surface area (Å²) in [7, 11) is 1.73. The highest BCUT2D eigenvalue weighted by atomic mass is 35.5. The smallest absolute Gasteiger partial charge is 0.335 e. The van der Waals surface area contributed by atoms with Gasteiger partial charge in [-0.1, -0.05) is 41.9 Å². The van der Waals surface area contributed by atoms with Gasteiger partial charge < -0.3 is 19.7 Å². The summed E-state index contributed by atoms with van der Waals surface area (Å²) in [4.78, 5) is 33.6. The number of carbonyl (C=O) groups is 3. The Morgan fingerprint density at radius 2 is 1.71 bits per heavy atom. The Balaban J connectivity index is 0.000000436. The van der Waals surface area contributed by atoms with Gasteiger partial charge in [0.05, 0.1) is 6.04 Å². The monoisotopic (exact) mass is 544 g/mol. The zero-order valence-corrected chi connectivity index (χ0v) is 21.8. The molecule has 3 N–H and O–H groups in total. The van der Waals surface area contributed by atoms with Crippen LogP contribution in [0, 0.1) is 5.82 Å². The summed E-state index contributed by atoms with van der Waals surface area (Å²) in [5, 5.41) is 18.4. The van der Waals surface area contributed by atoms with E-state index in [1.54, 1.807) is 29.1 Å². The molecule has 38 heavy (non-hydrogen) atoms. The highest BCUT2D eigenvalue weighted by Gasteiger charge is 2.48. The molecular weight excluding hydrogens is 515 g/mol. The first kappa shape index (κ1) is 28.7. The molecule has 11 heteroatoms. The summed E-state index contributed by atoms with van der Waals surface area (Å²) in [6.07, 6.45) is 3.95. The van der Waals surface area contributed by atoms with Crippen LogP contribution in [-0.2, 0) is 16.1 Å². The first-order valence-electron chi connectivity index (χ1n) is 12.0. The second-order valence-corrected chi connectivity index (χ2v) is 9.00. The Labute approximate surface area is 224 Å². The number of alkyl halides is 1. The standard InChI is InChI=1S/C23H26ClFN4O.C4H4O4/c1-3-28-22(24)21(29(26-2)23(28)30)19(16-8-10-18(25)11-9-16)13-15-27-14-12-17-6-4-5-7-20(17)27;5-3(6)1-2-4(7)8/h4-12,14,19,21-22,26H,3,13,15H2,1-2H3;1-2H,(H,5,6)(H,7,8). The van der Waals surface area contributed by atoms with Crippen molar-refractivity contribution in [3.8, 4) is 0 Å². The SMILES string of the molecule is CCN1C(=O)N(NC)C(C(CCn2ccc3ccccc32)c2ccc(F)cc2)C1Cl.O=C(O)C=CC(=O)O. The van der Waals surface area contributed by atoms with Crippen molar-refractivity contribution < 1.29 is 29.0 Å². The number of carbonyl (C=O) groups excluding carboxylic acids is 1. The van der Waals surface area contributed by atoms with Gasteiger partial charge in [0.15, 0.2) is 0 Å². The third kappa shape index (κ3) is 6.70. The minimum Gasteiger partial charge on any atom is -0.478 e. The number of urea groups is 1. The van der Waals surface area contributed by atoms with Crippen LogP contribution in [0.4, 0.5) is 9.18 Å². The molecule has 0 saturated carbocycles. The maximum atomic E-state index is 13.6. The van der Waals surface area contributed by atoms with Gasteiger partial charge in [0.2, 0.25) is 0 Å². The lowest BCUT2D eigenvalue weighted by atomic mass is 9.88. The summed E-state index contributed by atoms with van der Waals surface area (Å²) in [5.74, 6) is -2.86. The zero-order valence-electron chi connectivity index (χ0n) is 21.0. The molecule has 1 aromatic heterocycles. The molecule has 9 nitrogen and oxygen atoms in total. The first-order valence-corrected chi connectivity index (χ1v) is 12.5. The van der Waals surface area contributed by atoms with E-state index in [2.05, 4.69) is 34.4 Å². The van der Waals surface area contributed by atoms with Crippen molar-refractivity contribution >= 4 is 40.5 Å². The summed E-state index contributed by atoms with van der Waals surface area (Å²) in [6, 6.07) is 16.5. The van der Waals surface area contributed by atoms with Crippen molar-refractivity contribution in [2.24, 2.45) is 0 Å². The van der Waals surface area contributed by atoms with Crippen molar-refractivity contribution in [1.82, 2.24) is 19.9 Å². The molecule has 202 valence electrons. The Hall–Kier alpha value is -3.89. The van der Waals surface area contributed by atoms with Crippen molar-refractivity contribution in [2.45, 2.75) is 37.4 Å². The van der Waals surface area contributed by atoms with Crippen LogP contribution in [0.5, 0.6) is 0 Å². The molecule has 2 aromatic carbocycles. The topological polar surface area (TPSA) is 115 Å². The van der Waals surface area contributed by atoms with E-state index in [9.17, 15) is 18.8 Å². The molecule has 0 aliphatic carbocycles. The summed E-state index contributed by atoms with van der Waals surface area (Å²) >= 11 is 6.79. The van der Waals surface area contributed by atoms with E-state index >= 15 is 0 Å². The second kappa shape index (κ2) is 13.1. The minimum atomic E-state index is -1.26. The number of fused-ring (bicyclic) bond motifs is 1. The number of halogens is 2. The fourth-order valence-corrected chi connectivity index (χ4v) is 5.12. The van der Waals surface area contributed by atoms with E-state index in [-0.39, 0.29) is 23.8 Å². The Morgan fingerprint density at radius 1 is 1.08 bits per heavy atom. The Morgan fingerprint density at radius 3 is 2.29 bits per heavy atom. The van der Waals surface area contributed by atoms with Gasteiger partial charge in [-0.2, -0.15) is 0 Å². The molecule has 1 aliphatic heterocycles. The molecule has 2 heterocycles. The number of hydrazine groups is 1. The normalized spacial score (nSPS) is 18.1. The van der Waals surface area contributed by atoms with Crippen LogP contribution in [0.1, 0.15) is 24.8 Å². The van der Waals surface area contributed by atoms with Gasteiger partial charge in [-0.05, 0) is 48.6 Å². The Bertz CT molecular complexity index is 1280. The number of hydrogen-bond donors (Lipinski definition) is 3. The number of aromatic nitrogens is 1. The molecule has 3 unspecified atom stereocenters. The lowest BCUT2D eigenvalue weighted by Gasteiger charge is -2.32. The van der Waals surface area contributed by atoms with E-state index in [0.29, 0.717) is 18.7 Å². The van der Waals surface area contributed by atoms with Crippen LogP contribution in [0.3, 0.4) is 0 Å². The summed E-state index contributed by atoms with van der Waals surface area (Å²) < 4.78 is 15.8. The molecule has 0 radical (unpaired) electrons. The van der Waals surface area contributed by atoms with Crippen molar-refractivity contribution in [3.63, 3.8) is 0 Å². The molecule has 3 atom stereocenters. The van der Waals surface area contributed by atoms with E-state index < -0.39 is 17.4 Å². The number of aliphatic carboxylic acids is 2. The van der Waals surface area contributed by atoms with Crippen molar-refractivity contribution in [1.29, 1.82) is 0 Å². The van der Waals surface area contributed by atoms with Gasteiger partial charge in [0.25, 0.3) is 0 Å². The molecule has 0 bridgehead atoms. The zero-order chi connectivity index (χ0) is 27.8. The number of aryl methyl sites for hydroxylation is 1. The van der Waals surface area contributed by atoms with Gasteiger partial charge in [0, 0.05) is 49.9 Å². The molecule has 1 saturated heterocycles. The molecule has 0 spiro atoms. The van der Waals surface area contributed by atoms with Crippen molar-refractivity contribution in [3.05, 3.63) is 84.3 Å². The van der Waals surface area contributed by atoms with Gasteiger partial charge in [-0.3, -0.25) is 5.01 Å². The van der Waals surface area contributed by atoms with Gasteiger partial charge >= 0.3 is 18.0 Å². The van der Waals surface area contributed by atoms with Gasteiger partial charge in [-0.25, -0.2) is 24.2 Å². The van der Waals surface area contributed by atoms with Crippen molar-refractivity contribution in [2.75, 3.05) is 13.6 Å². The number of likely N-dealkylation sites (N-methyl/N-ethyl adjacent to an activating group) is 1. The van der Waals surface area contributed by atoms with Gasteiger partial charge in [-0.15, -0.1) is 0 Å². The average Bonchev–Trinajstić information content (AvgIpc) is 3.41. The van der Waals surface area contributed by atoms with E-state index in [1.165, 1.54) is 23.0 Å². The molecular formula is C27H30ClFN4O5. The van der Waals surface area contributed by atoms with Crippen LogP contribution in [0.15, 0.2) is 72.9 Å². The lowest BCUT2D eigenvalue weighted by molar-refractivity contribution is -0.134. The van der Waals surface area contributed by atoms with Crippen LogP contribution in [-0.4, -0.2) is 67.8 Å². The molecule has 4 rings (SSSR count). The summed E-state index contributed by atoms with van der Waals surface area (Å²) in [6.45, 7) is 3.20. The number of carboxylic acids is 2. The summed E-state index contributed by atoms with van der Waals surface area (Å²) in [5.41, 5.74) is 4.67. The fourth-order valence-electron chi connectivity index (χ4n) is 4.61. The highest BCUT2D eigenvalue weighted by molar-refractivity contribution is 6.22. The second-order valence-electron chi connectivity index (χ2n) is 8.55. The number of benzene rings is 2. The van der Waals surface area contributed by atoms with Gasteiger partial charge in [0.1, 0.15) is 11.3 Å². The van der Waals surface area contributed by atoms with E-state index in [0.717, 1.165) is 18.5 Å². The third-order valence-electron chi connectivity index (χ3n) is 6.35. The molecule has 1 fully saturated rings. The third-order valence-corrected chi connectivity index (χ3v) is 6.84. The number of nitrogens with zero attached hydrogens (tertiary/aromatic N) is 3. The minimum absolute atomic E-state index is 0.0674. The maximum absolute atomic E-state index is 13.6. The number of nitrogens with one attached hydrogen (secondary N) is 1. The lowest BCUT2D eigenvalue weighted by Crippen LogP contribution is -2.47.